The highest BCUT2D eigenvalue weighted by Crippen LogP contribution is 2.14. The molecule has 0 saturated carbocycles. The van der Waals surface area contributed by atoms with E-state index in [1.54, 1.807) is 0 Å². The Labute approximate surface area is 163 Å². The minimum absolute atomic E-state index is 0.384. The molecule has 3 nitrogen and oxygen atoms in total. The zero-order valence-electron chi connectivity index (χ0n) is 17.6. The van der Waals surface area contributed by atoms with E-state index in [0.717, 1.165) is 25.3 Å². The number of aliphatic hydroxyl groups excluding tert-OH is 1. The first-order valence-corrected chi connectivity index (χ1v) is 11.4. The molecule has 1 heterocycles. The summed E-state index contributed by atoms with van der Waals surface area (Å²) in [5.41, 5.74) is 0. The molecule has 0 amide bonds. The fourth-order valence-corrected chi connectivity index (χ4v) is 3.66. The van der Waals surface area contributed by atoms with Crippen molar-refractivity contribution in [3.05, 3.63) is 12.2 Å². The van der Waals surface area contributed by atoms with Crippen LogP contribution in [0.5, 0.6) is 0 Å². The molecule has 1 aliphatic heterocycles. The molecule has 1 aliphatic rings. The number of amidine groups is 1. The van der Waals surface area contributed by atoms with Crippen LogP contribution in [0.4, 0.5) is 0 Å². The molecule has 26 heavy (non-hydrogen) atoms. The van der Waals surface area contributed by atoms with Crippen molar-refractivity contribution in [2.45, 2.75) is 116 Å². The van der Waals surface area contributed by atoms with E-state index in [1.165, 1.54) is 89.9 Å². The lowest BCUT2D eigenvalue weighted by atomic mass is 10.1. The van der Waals surface area contributed by atoms with Crippen LogP contribution in [-0.2, 0) is 0 Å². The lowest BCUT2D eigenvalue weighted by Crippen LogP contribution is -2.35. The predicted molar refractivity (Wildman–Crippen MR) is 115 cm³/mol. The quantitative estimate of drug-likeness (QED) is 0.237. The van der Waals surface area contributed by atoms with E-state index in [0.29, 0.717) is 0 Å². The third kappa shape index (κ3) is 11.7. The van der Waals surface area contributed by atoms with E-state index >= 15 is 0 Å². The largest absolute Gasteiger partial charge is 0.374 e. The minimum Gasteiger partial charge on any atom is -0.374 e. The third-order valence-corrected chi connectivity index (χ3v) is 5.33. The SMILES string of the molecule is CCCCCCCCC=CCCCCCCCCC1=NCCN1C(C)O. The summed E-state index contributed by atoms with van der Waals surface area (Å²) in [4.78, 5) is 6.56. The van der Waals surface area contributed by atoms with Crippen LogP contribution >= 0.6 is 0 Å². The molecule has 1 atom stereocenters. The average Bonchev–Trinajstić information content (AvgIpc) is 3.10. The summed E-state index contributed by atoms with van der Waals surface area (Å²) in [6, 6.07) is 0. The summed E-state index contributed by atoms with van der Waals surface area (Å²) in [5, 5.41) is 9.70. The van der Waals surface area contributed by atoms with Gasteiger partial charge in [-0.25, -0.2) is 0 Å². The van der Waals surface area contributed by atoms with Gasteiger partial charge in [-0.05, 0) is 39.0 Å². The van der Waals surface area contributed by atoms with Gasteiger partial charge in [-0.3, -0.25) is 4.99 Å². The van der Waals surface area contributed by atoms with E-state index in [1.807, 2.05) is 11.8 Å². The highest BCUT2D eigenvalue weighted by Gasteiger charge is 2.19. The molecule has 0 saturated heterocycles. The van der Waals surface area contributed by atoms with Gasteiger partial charge in [0.2, 0.25) is 0 Å². The molecule has 0 radical (unpaired) electrons. The number of aliphatic hydroxyl groups is 1. The molecular weight excluding hydrogens is 320 g/mol. The van der Waals surface area contributed by atoms with Gasteiger partial charge >= 0.3 is 0 Å². The predicted octanol–water partition coefficient (Wildman–Crippen LogP) is 6.47. The van der Waals surface area contributed by atoms with E-state index in [2.05, 4.69) is 24.1 Å². The molecule has 1 N–H and O–H groups in total. The van der Waals surface area contributed by atoms with Gasteiger partial charge in [-0.1, -0.05) is 76.9 Å². The Balaban J connectivity index is 1.81. The van der Waals surface area contributed by atoms with Crippen molar-refractivity contribution < 1.29 is 5.11 Å². The van der Waals surface area contributed by atoms with Crippen molar-refractivity contribution in [1.82, 2.24) is 4.90 Å². The molecule has 0 aliphatic carbocycles. The van der Waals surface area contributed by atoms with Gasteiger partial charge in [0.15, 0.2) is 0 Å². The van der Waals surface area contributed by atoms with Gasteiger partial charge < -0.3 is 10.0 Å². The van der Waals surface area contributed by atoms with Gasteiger partial charge in [0.25, 0.3) is 0 Å². The van der Waals surface area contributed by atoms with Crippen molar-refractivity contribution in [1.29, 1.82) is 0 Å². The summed E-state index contributed by atoms with van der Waals surface area (Å²) in [5.74, 6) is 1.12. The first-order valence-electron chi connectivity index (χ1n) is 11.4. The fourth-order valence-electron chi connectivity index (χ4n) is 3.66. The number of hydrogen-bond donors (Lipinski definition) is 1. The second kappa shape index (κ2) is 16.4. The summed E-state index contributed by atoms with van der Waals surface area (Å²) in [6.07, 6.45) is 24.3. The summed E-state index contributed by atoms with van der Waals surface area (Å²) < 4.78 is 0. The van der Waals surface area contributed by atoms with Crippen molar-refractivity contribution in [2.24, 2.45) is 4.99 Å². The topological polar surface area (TPSA) is 35.8 Å². The standard InChI is InChI=1S/C23H44N2O/c1-3-4-5-6-7-8-9-10-11-12-13-14-15-16-17-18-19-23-24-20-21-25(23)22(2)26/h10-11,22,26H,3-9,12-21H2,1-2H3. The Bertz CT molecular complexity index is 376. The number of allylic oxidation sites excluding steroid dienone is 2. The molecule has 0 aromatic heterocycles. The molecule has 0 spiro atoms. The van der Waals surface area contributed by atoms with Gasteiger partial charge in [-0.15, -0.1) is 0 Å². The van der Waals surface area contributed by atoms with Crippen LogP contribution in [0.1, 0.15) is 110 Å². The van der Waals surface area contributed by atoms with E-state index < -0.39 is 0 Å². The fraction of sp³-hybridized carbons (Fsp3) is 0.870. The number of aliphatic imine (C=N–C) groups is 1. The highest BCUT2D eigenvalue weighted by molar-refractivity contribution is 5.83. The van der Waals surface area contributed by atoms with Gasteiger partial charge in [0.05, 0.1) is 6.54 Å². The molecule has 1 rings (SSSR count). The monoisotopic (exact) mass is 364 g/mol. The first kappa shape index (κ1) is 23.2. The van der Waals surface area contributed by atoms with Crippen LogP contribution in [0, 0.1) is 0 Å². The summed E-state index contributed by atoms with van der Waals surface area (Å²) in [6.45, 7) is 5.86. The average molecular weight is 365 g/mol. The molecule has 0 bridgehead atoms. The lowest BCUT2D eigenvalue weighted by Gasteiger charge is -2.23. The molecule has 3 heteroatoms. The first-order chi connectivity index (χ1) is 12.8. The maximum Gasteiger partial charge on any atom is 0.125 e. The Morgan fingerprint density at radius 3 is 2.00 bits per heavy atom. The Morgan fingerprint density at radius 2 is 1.42 bits per heavy atom. The van der Waals surface area contributed by atoms with Crippen LogP contribution in [0.25, 0.3) is 0 Å². The van der Waals surface area contributed by atoms with Crippen LogP contribution in [0.15, 0.2) is 17.1 Å². The number of rotatable bonds is 17. The molecule has 152 valence electrons. The zero-order chi connectivity index (χ0) is 18.9. The molecule has 1 unspecified atom stereocenters. The summed E-state index contributed by atoms with van der Waals surface area (Å²) >= 11 is 0. The number of unbranched alkanes of at least 4 members (excludes halogenated alkanes) is 12. The second-order valence-corrected chi connectivity index (χ2v) is 7.81. The highest BCUT2D eigenvalue weighted by atomic mass is 16.3. The Kier molecular flexibility index (Phi) is 14.6. The lowest BCUT2D eigenvalue weighted by molar-refractivity contribution is 0.0766. The maximum atomic E-state index is 9.70. The van der Waals surface area contributed by atoms with E-state index in [-0.39, 0.29) is 6.23 Å². The van der Waals surface area contributed by atoms with Crippen LogP contribution in [0.2, 0.25) is 0 Å². The second-order valence-electron chi connectivity index (χ2n) is 7.81. The van der Waals surface area contributed by atoms with Gasteiger partial charge in [-0.2, -0.15) is 0 Å². The smallest absolute Gasteiger partial charge is 0.125 e. The zero-order valence-corrected chi connectivity index (χ0v) is 17.6. The molecule has 0 aromatic carbocycles. The van der Waals surface area contributed by atoms with Gasteiger partial charge in [0.1, 0.15) is 12.1 Å². The Morgan fingerprint density at radius 1 is 0.885 bits per heavy atom. The molecular formula is C23H44N2O. The summed E-state index contributed by atoms with van der Waals surface area (Å²) in [7, 11) is 0. The van der Waals surface area contributed by atoms with E-state index in [4.69, 9.17) is 0 Å². The minimum atomic E-state index is -0.384. The number of hydrogen-bond acceptors (Lipinski definition) is 3. The van der Waals surface area contributed by atoms with E-state index in [9.17, 15) is 5.11 Å². The molecule has 0 aromatic rings. The molecule has 0 fully saturated rings. The Hall–Kier alpha value is -0.830. The maximum absolute atomic E-state index is 9.70. The van der Waals surface area contributed by atoms with Crippen molar-refractivity contribution in [2.75, 3.05) is 13.1 Å². The van der Waals surface area contributed by atoms with Crippen LogP contribution in [0.3, 0.4) is 0 Å². The third-order valence-electron chi connectivity index (χ3n) is 5.33. The van der Waals surface area contributed by atoms with Crippen molar-refractivity contribution in [3.63, 3.8) is 0 Å². The van der Waals surface area contributed by atoms with Crippen LogP contribution < -0.4 is 0 Å². The number of nitrogens with zero attached hydrogens (tertiary/aromatic N) is 2. The van der Waals surface area contributed by atoms with Crippen molar-refractivity contribution in [3.8, 4) is 0 Å². The van der Waals surface area contributed by atoms with Gasteiger partial charge in [0, 0.05) is 13.0 Å². The van der Waals surface area contributed by atoms with Crippen molar-refractivity contribution >= 4 is 5.84 Å². The van der Waals surface area contributed by atoms with Crippen LogP contribution in [-0.4, -0.2) is 35.2 Å². The normalized spacial score (nSPS) is 15.8.